The molecule has 0 radical (unpaired) electrons. The van der Waals surface area contributed by atoms with E-state index in [1.54, 1.807) is 0 Å². The molecule has 2 aliphatic carbocycles. The first-order valence-corrected chi connectivity index (χ1v) is 5.98. The third-order valence-electron chi connectivity index (χ3n) is 2.46. The van der Waals surface area contributed by atoms with Crippen LogP contribution in [0.15, 0.2) is 54.6 Å². The number of rotatable bonds is 1. The molecule has 0 N–H and O–H groups in total. The van der Waals surface area contributed by atoms with Crippen LogP contribution in [0.2, 0.25) is 0 Å². The Kier molecular flexibility index (Phi) is 3.44. The molecular formula is C15H11Br. The fraction of sp³-hybridized carbons (Fsp3) is 0.0667. The molecule has 3 rings (SSSR count). The van der Waals surface area contributed by atoms with E-state index in [0.717, 1.165) is 5.56 Å². The number of hydrogen-bond donors (Lipinski definition) is 0. The average Bonchev–Trinajstić information content (AvgIpc) is 2.34. The lowest BCUT2D eigenvalue weighted by Crippen LogP contribution is -1.85. The van der Waals surface area contributed by atoms with Crippen molar-refractivity contribution in [2.75, 3.05) is 0 Å². The third-order valence-corrected chi connectivity index (χ3v) is 3.25. The molecule has 0 spiro atoms. The van der Waals surface area contributed by atoms with Crippen molar-refractivity contribution in [3.63, 3.8) is 0 Å². The summed E-state index contributed by atoms with van der Waals surface area (Å²) in [7, 11) is 0. The number of benzene rings is 2. The van der Waals surface area contributed by atoms with Crippen molar-refractivity contribution in [3.05, 3.63) is 60.2 Å². The van der Waals surface area contributed by atoms with E-state index >= 15 is 0 Å². The highest BCUT2D eigenvalue weighted by molar-refractivity contribution is 9.09. The Balaban J connectivity index is 0.000000134. The summed E-state index contributed by atoms with van der Waals surface area (Å²) in [4.78, 5) is 0.0497. The predicted molar refractivity (Wildman–Crippen MR) is 72.4 cm³/mol. The van der Waals surface area contributed by atoms with Crippen LogP contribution in [0.5, 0.6) is 0 Å². The van der Waals surface area contributed by atoms with Gasteiger partial charge in [0.05, 0.1) is 0 Å². The van der Waals surface area contributed by atoms with Gasteiger partial charge in [0.15, 0.2) is 0 Å². The second kappa shape index (κ2) is 5.01. The van der Waals surface area contributed by atoms with Crippen LogP contribution in [0.25, 0.3) is 11.1 Å². The van der Waals surface area contributed by atoms with Gasteiger partial charge in [-0.2, -0.15) is 0 Å². The summed E-state index contributed by atoms with van der Waals surface area (Å²) in [6.45, 7) is 0. The lowest BCUT2D eigenvalue weighted by atomic mass is 9.95. The lowest BCUT2D eigenvalue weighted by molar-refractivity contribution is 1.31. The van der Waals surface area contributed by atoms with Crippen LogP contribution in [0.3, 0.4) is 0 Å². The number of terminal acetylenes is 1. The van der Waals surface area contributed by atoms with Gasteiger partial charge in [-0.05, 0) is 16.7 Å². The highest BCUT2D eigenvalue weighted by Crippen LogP contribution is 2.29. The van der Waals surface area contributed by atoms with Crippen LogP contribution < -0.4 is 0 Å². The van der Waals surface area contributed by atoms with Gasteiger partial charge in [0.25, 0.3) is 0 Å². The van der Waals surface area contributed by atoms with Gasteiger partial charge in [0.2, 0.25) is 0 Å². The Morgan fingerprint density at radius 2 is 1.38 bits per heavy atom. The first kappa shape index (κ1) is 11.0. The predicted octanol–water partition coefficient (Wildman–Crippen LogP) is 4.42. The van der Waals surface area contributed by atoms with E-state index in [2.05, 4.69) is 46.1 Å². The van der Waals surface area contributed by atoms with E-state index in [-0.39, 0.29) is 4.83 Å². The first-order chi connectivity index (χ1) is 7.81. The van der Waals surface area contributed by atoms with Gasteiger partial charge in [-0.25, -0.2) is 0 Å². The van der Waals surface area contributed by atoms with Crippen molar-refractivity contribution in [1.29, 1.82) is 0 Å². The van der Waals surface area contributed by atoms with Crippen LogP contribution >= 0.6 is 15.9 Å². The molecular weight excluding hydrogens is 260 g/mol. The molecule has 0 saturated carbocycles. The number of hydrogen-bond acceptors (Lipinski definition) is 0. The van der Waals surface area contributed by atoms with Crippen molar-refractivity contribution in [1.82, 2.24) is 0 Å². The van der Waals surface area contributed by atoms with E-state index in [9.17, 15) is 0 Å². The maximum absolute atomic E-state index is 5.21. The second-order valence-corrected chi connectivity index (χ2v) is 4.43. The zero-order chi connectivity index (χ0) is 11.4. The summed E-state index contributed by atoms with van der Waals surface area (Å²) in [5.41, 5.74) is 3.98. The Morgan fingerprint density at radius 3 is 1.69 bits per heavy atom. The van der Waals surface area contributed by atoms with E-state index < -0.39 is 0 Å². The fourth-order valence-corrected chi connectivity index (χ4v) is 1.69. The van der Waals surface area contributed by atoms with Gasteiger partial charge in [-0.1, -0.05) is 76.4 Å². The zero-order valence-electron chi connectivity index (χ0n) is 8.73. The number of alkyl halides is 1. The molecule has 0 aromatic heterocycles. The molecule has 1 aromatic rings. The number of halogens is 1. The Bertz CT molecular complexity index is 470. The van der Waals surface area contributed by atoms with Crippen LogP contribution in [0, 0.1) is 12.3 Å². The molecule has 16 heavy (non-hydrogen) atoms. The first-order valence-electron chi connectivity index (χ1n) is 5.07. The topological polar surface area (TPSA) is 0 Å². The minimum absolute atomic E-state index is 0.0497. The minimum atomic E-state index is 0.0497. The van der Waals surface area contributed by atoms with Gasteiger partial charge in [0, 0.05) is 0 Å². The van der Waals surface area contributed by atoms with Crippen molar-refractivity contribution in [2.45, 2.75) is 4.83 Å². The smallest absolute Gasteiger partial charge is 0.100 e. The molecule has 1 unspecified atom stereocenters. The van der Waals surface area contributed by atoms with Gasteiger partial charge < -0.3 is 0 Å². The molecule has 0 heterocycles. The van der Waals surface area contributed by atoms with Crippen LogP contribution in [0.4, 0.5) is 0 Å². The summed E-state index contributed by atoms with van der Waals surface area (Å²) in [6.07, 6.45) is 5.21. The maximum atomic E-state index is 5.21. The maximum Gasteiger partial charge on any atom is 0.100 e. The van der Waals surface area contributed by atoms with Gasteiger partial charge >= 0.3 is 0 Å². The zero-order valence-corrected chi connectivity index (χ0v) is 10.3. The summed E-state index contributed by atoms with van der Waals surface area (Å²) >= 11 is 3.35. The molecule has 2 aliphatic rings. The van der Waals surface area contributed by atoms with E-state index in [1.165, 1.54) is 11.1 Å². The van der Waals surface area contributed by atoms with E-state index in [0.29, 0.717) is 0 Å². The van der Waals surface area contributed by atoms with Gasteiger partial charge in [0.1, 0.15) is 4.83 Å². The van der Waals surface area contributed by atoms with E-state index in [1.807, 2.05) is 30.3 Å². The molecule has 1 heteroatoms. The summed E-state index contributed by atoms with van der Waals surface area (Å²) in [5, 5.41) is 0. The summed E-state index contributed by atoms with van der Waals surface area (Å²) in [5.74, 6) is 2.60. The summed E-state index contributed by atoms with van der Waals surface area (Å²) < 4.78 is 0. The molecule has 1 atom stereocenters. The van der Waals surface area contributed by atoms with Crippen LogP contribution in [-0.2, 0) is 0 Å². The molecule has 0 fully saturated rings. The van der Waals surface area contributed by atoms with Gasteiger partial charge in [-0.3, -0.25) is 0 Å². The molecule has 0 bridgehead atoms. The highest BCUT2D eigenvalue weighted by atomic mass is 79.9. The largest absolute Gasteiger partial charge is 0.119 e. The Hall–Kier alpha value is -1.52. The fourth-order valence-electron chi connectivity index (χ4n) is 1.38. The quantitative estimate of drug-likeness (QED) is 0.454. The normalized spacial score (nSPS) is 11.8. The molecule has 0 aliphatic heterocycles. The Labute approximate surface area is 104 Å². The third kappa shape index (κ3) is 2.35. The Morgan fingerprint density at radius 1 is 0.875 bits per heavy atom. The molecule has 78 valence electrons. The van der Waals surface area contributed by atoms with Gasteiger partial charge in [-0.15, -0.1) is 6.42 Å². The number of fused-ring (bicyclic) bond motifs is 1. The van der Waals surface area contributed by atoms with Crippen molar-refractivity contribution in [2.24, 2.45) is 0 Å². The van der Waals surface area contributed by atoms with Crippen LogP contribution in [0.1, 0.15) is 10.4 Å². The summed E-state index contributed by atoms with van der Waals surface area (Å²) in [6, 6.07) is 18.4. The second-order valence-electron chi connectivity index (χ2n) is 3.52. The average molecular weight is 271 g/mol. The van der Waals surface area contributed by atoms with Crippen molar-refractivity contribution in [3.8, 4) is 23.5 Å². The SMILES string of the molecule is C#CC(Br)c1ccccc1.c1cc2ccc1-2. The lowest BCUT2D eigenvalue weighted by Gasteiger charge is -2.10. The van der Waals surface area contributed by atoms with Crippen LogP contribution in [-0.4, -0.2) is 0 Å². The molecule has 0 nitrogen and oxygen atoms in total. The van der Waals surface area contributed by atoms with E-state index in [4.69, 9.17) is 6.42 Å². The standard InChI is InChI=1S/C9H7Br.C6H4/c1-2-9(10)8-6-4-3-5-7-8;1-2-6-4-3-5(1)6/h1,3-7,9H;1-4H. The minimum Gasteiger partial charge on any atom is -0.119 e. The highest BCUT2D eigenvalue weighted by Gasteiger charge is 2.04. The monoisotopic (exact) mass is 270 g/mol. The molecule has 1 aromatic carbocycles. The molecule has 0 saturated heterocycles. The molecule has 0 amide bonds. The van der Waals surface area contributed by atoms with Crippen molar-refractivity contribution >= 4 is 15.9 Å². The van der Waals surface area contributed by atoms with Crippen molar-refractivity contribution < 1.29 is 0 Å².